The van der Waals surface area contributed by atoms with Gasteiger partial charge in [-0.2, -0.15) is 0 Å². The second-order valence-corrected chi connectivity index (χ2v) is 8.04. The summed E-state index contributed by atoms with van der Waals surface area (Å²) in [6.07, 6.45) is 0. The van der Waals surface area contributed by atoms with Gasteiger partial charge in [-0.1, -0.05) is 24.3 Å². The van der Waals surface area contributed by atoms with Gasteiger partial charge in [0.15, 0.2) is 11.5 Å². The zero-order valence-electron chi connectivity index (χ0n) is 14.6. The number of rotatable bonds is 3. The molecule has 1 aliphatic rings. The van der Waals surface area contributed by atoms with Gasteiger partial charge >= 0.3 is 0 Å². The zero-order chi connectivity index (χ0) is 20.3. The van der Waals surface area contributed by atoms with Crippen LogP contribution in [0.1, 0.15) is 0 Å². The highest BCUT2D eigenvalue weighted by molar-refractivity contribution is 7.89. The molecule has 29 heavy (non-hydrogen) atoms. The molecule has 2 heterocycles. The largest absolute Gasteiger partial charge is 0.453 e. The quantitative estimate of drug-likeness (QED) is 0.360. The van der Waals surface area contributed by atoms with Gasteiger partial charge in [0, 0.05) is 23.8 Å². The van der Waals surface area contributed by atoms with Gasteiger partial charge < -0.3 is 4.74 Å². The van der Waals surface area contributed by atoms with Crippen LogP contribution in [0.3, 0.4) is 0 Å². The summed E-state index contributed by atoms with van der Waals surface area (Å²) in [5.41, 5.74) is 2.02. The Bertz CT molecular complexity index is 1440. The molecule has 0 atom stereocenters. The van der Waals surface area contributed by atoms with Crippen molar-refractivity contribution >= 4 is 26.7 Å². The van der Waals surface area contributed by atoms with E-state index < -0.39 is 14.9 Å². The molecule has 2 N–H and O–H groups in total. The van der Waals surface area contributed by atoms with Crippen LogP contribution < -0.4 is 9.88 Å². The topological polar surface area (TPSA) is 130 Å². The Morgan fingerprint density at radius 1 is 1.03 bits per heavy atom. The van der Waals surface area contributed by atoms with Gasteiger partial charge in [0.1, 0.15) is 11.3 Å². The Morgan fingerprint density at radius 3 is 2.59 bits per heavy atom. The lowest BCUT2D eigenvalue weighted by Gasteiger charge is -2.21. The number of benzene rings is 3. The average molecular weight is 408 g/mol. The number of nitro benzene ring substituents is 1. The van der Waals surface area contributed by atoms with Crippen molar-refractivity contribution in [2.75, 3.05) is 0 Å². The van der Waals surface area contributed by atoms with E-state index in [0.717, 1.165) is 0 Å². The van der Waals surface area contributed by atoms with E-state index in [1.807, 2.05) is 12.1 Å². The van der Waals surface area contributed by atoms with E-state index in [0.29, 0.717) is 33.9 Å². The van der Waals surface area contributed by atoms with Gasteiger partial charge in [-0.05, 0) is 18.2 Å². The molecule has 0 fully saturated rings. The van der Waals surface area contributed by atoms with Gasteiger partial charge in [-0.15, -0.1) is 0 Å². The molecule has 1 aliphatic heterocycles. The third-order valence-electron chi connectivity index (χ3n) is 4.66. The van der Waals surface area contributed by atoms with E-state index in [-0.39, 0.29) is 16.3 Å². The van der Waals surface area contributed by atoms with E-state index >= 15 is 0 Å². The molecule has 9 nitrogen and oxygen atoms in total. The standard InChI is InChI=1S/C19H12N4O5S/c20-29(26,27)13-9-14-18-17(10-13)28-16-7-2-1-6-15(16)22(18)19(21-14)11-4-3-5-12(8-11)23(24)25/h1-10H,(H2,20,26,27). The summed E-state index contributed by atoms with van der Waals surface area (Å²) in [6.45, 7) is 0. The highest BCUT2D eigenvalue weighted by Gasteiger charge is 2.27. The Balaban J connectivity index is 1.89. The van der Waals surface area contributed by atoms with E-state index in [2.05, 4.69) is 4.98 Å². The minimum absolute atomic E-state index is 0.0758. The van der Waals surface area contributed by atoms with Crippen molar-refractivity contribution in [3.05, 3.63) is 70.8 Å². The van der Waals surface area contributed by atoms with Crippen LogP contribution in [0.2, 0.25) is 0 Å². The maximum atomic E-state index is 11.9. The first-order valence-electron chi connectivity index (χ1n) is 8.44. The molecule has 0 saturated heterocycles. The van der Waals surface area contributed by atoms with Gasteiger partial charge in [-0.3, -0.25) is 14.7 Å². The van der Waals surface area contributed by atoms with Crippen LogP contribution in [-0.2, 0) is 10.0 Å². The molecule has 0 spiro atoms. The highest BCUT2D eigenvalue weighted by Crippen LogP contribution is 2.44. The van der Waals surface area contributed by atoms with Crippen LogP contribution in [0.25, 0.3) is 28.1 Å². The van der Waals surface area contributed by atoms with E-state index in [1.165, 1.54) is 24.3 Å². The molecule has 4 aromatic rings. The van der Waals surface area contributed by atoms with Crippen LogP contribution in [0, 0.1) is 10.1 Å². The average Bonchev–Trinajstić information content (AvgIpc) is 3.08. The second-order valence-electron chi connectivity index (χ2n) is 6.48. The smallest absolute Gasteiger partial charge is 0.270 e. The van der Waals surface area contributed by atoms with Crippen LogP contribution >= 0.6 is 0 Å². The lowest BCUT2D eigenvalue weighted by atomic mass is 10.1. The molecule has 3 aromatic carbocycles. The van der Waals surface area contributed by atoms with Crippen molar-refractivity contribution in [2.24, 2.45) is 5.14 Å². The van der Waals surface area contributed by atoms with Crippen LogP contribution in [0.5, 0.6) is 11.5 Å². The van der Waals surface area contributed by atoms with E-state index in [4.69, 9.17) is 9.88 Å². The summed E-state index contributed by atoms with van der Waals surface area (Å²) < 4.78 is 31.5. The maximum Gasteiger partial charge on any atom is 0.270 e. The number of hydrogen-bond acceptors (Lipinski definition) is 6. The predicted octanol–water partition coefficient (Wildman–Crippen LogP) is 3.35. The van der Waals surface area contributed by atoms with Crippen molar-refractivity contribution in [3.63, 3.8) is 0 Å². The molecule has 10 heteroatoms. The molecule has 0 unspecified atom stereocenters. The van der Waals surface area contributed by atoms with Crippen molar-refractivity contribution in [3.8, 4) is 28.6 Å². The number of aromatic nitrogens is 2. The summed E-state index contributed by atoms with van der Waals surface area (Å²) in [6, 6.07) is 16.0. The molecular formula is C19H12N4O5S. The number of nitrogens with two attached hydrogens (primary N) is 1. The molecule has 0 radical (unpaired) electrons. The molecule has 0 aliphatic carbocycles. The summed E-state index contributed by atoms with van der Waals surface area (Å²) in [5, 5.41) is 16.5. The maximum absolute atomic E-state index is 11.9. The van der Waals surface area contributed by atoms with Crippen LogP contribution in [-0.4, -0.2) is 22.9 Å². The predicted molar refractivity (Wildman–Crippen MR) is 105 cm³/mol. The first kappa shape index (κ1) is 17.3. The number of para-hydroxylation sites is 2. The second kappa shape index (κ2) is 5.87. The van der Waals surface area contributed by atoms with Gasteiger partial charge in [-0.25, -0.2) is 18.5 Å². The Hall–Kier alpha value is -3.76. The minimum atomic E-state index is -3.98. The van der Waals surface area contributed by atoms with E-state index in [9.17, 15) is 18.5 Å². The van der Waals surface area contributed by atoms with Crippen molar-refractivity contribution in [1.82, 2.24) is 9.55 Å². The van der Waals surface area contributed by atoms with Gasteiger partial charge in [0.2, 0.25) is 10.0 Å². The molecule has 0 bridgehead atoms. The number of nitro groups is 1. The fraction of sp³-hybridized carbons (Fsp3) is 0. The summed E-state index contributed by atoms with van der Waals surface area (Å²) >= 11 is 0. The fourth-order valence-electron chi connectivity index (χ4n) is 3.42. The van der Waals surface area contributed by atoms with Gasteiger partial charge in [0.05, 0.1) is 21.0 Å². The lowest BCUT2D eigenvalue weighted by molar-refractivity contribution is -0.384. The number of fused-ring (bicyclic) bond motifs is 2. The first-order chi connectivity index (χ1) is 13.8. The Kier molecular flexibility index (Phi) is 3.51. The molecule has 1 aromatic heterocycles. The van der Waals surface area contributed by atoms with Crippen LogP contribution in [0.15, 0.2) is 65.6 Å². The molecular weight excluding hydrogens is 396 g/mol. The number of non-ortho nitro benzene ring substituents is 1. The minimum Gasteiger partial charge on any atom is -0.453 e. The van der Waals surface area contributed by atoms with Crippen molar-refractivity contribution in [1.29, 1.82) is 0 Å². The number of hydrogen-bond donors (Lipinski definition) is 1. The summed E-state index contributed by atoms with van der Waals surface area (Å²) in [4.78, 5) is 15.2. The monoisotopic (exact) mass is 408 g/mol. The zero-order valence-corrected chi connectivity index (χ0v) is 15.5. The highest BCUT2D eigenvalue weighted by atomic mass is 32.2. The number of primary sulfonamides is 1. The first-order valence-corrected chi connectivity index (χ1v) is 9.99. The lowest BCUT2D eigenvalue weighted by Crippen LogP contribution is -2.13. The third kappa shape index (κ3) is 2.65. The molecule has 5 rings (SSSR count). The number of sulfonamides is 1. The molecule has 0 amide bonds. The number of nitrogens with zero attached hydrogens (tertiary/aromatic N) is 3. The fourth-order valence-corrected chi connectivity index (χ4v) is 3.97. The Morgan fingerprint density at radius 2 is 1.83 bits per heavy atom. The summed E-state index contributed by atoms with van der Waals surface area (Å²) in [7, 11) is -3.98. The Labute approximate surface area is 164 Å². The number of imidazole rings is 1. The molecule has 144 valence electrons. The normalized spacial score (nSPS) is 12.4. The SMILES string of the molecule is NS(=O)(=O)c1cc2c3c(c1)nc(-c1cccc([N+](=O)[O-])c1)n3-c1ccccc1O2. The summed E-state index contributed by atoms with van der Waals surface area (Å²) in [5.74, 6) is 1.21. The van der Waals surface area contributed by atoms with Gasteiger partial charge in [0.25, 0.3) is 5.69 Å². The van der Waals surface area contributed by atoms with E-state index in [1.54, 1.807) is 28.8 Å². The number of ether oxygens (including phenoxy) is 1. The van der Waals surface area contributed by atoms with Crippen molar-refractivity contribution in [2.45, 2.75) is 4.90 Å². The van der Waals surface area contributed by atoms with Crippen LogP contribution in [0.4, 0.5) is 5.69 Å². The molecule has 0 saturated carbocycles. The van der Waals surface area contributed by atoms with Crippen molar-refractivity contribution < 1.29 is 18.1 Å². The third-order valence-corrected chi connectivity index (χ3v) is 5.55.